The van der Waals surface area contributed by atoms with Gasteiger partial charge in [0, 0.05) is 32.0 Å². The zero-order valence-electron chi connectivity index (χ0n) is 11.2. The normalized spacial score (nSPS) is 9.74. The van der Waals surface area contributed by atoms with Crippen molar-refractivity contribution < 1.29 is 0 Å². The monoisotopic (exact) mass is 251 g/mol. The minimum absolute atomic E-state index is 0.658. The molecule has 3 nitrogen and oxygen atoms in total. The molecular weight excluding hydrogens is 234 g/mol. The van der Waals surface area contributed by atoms with E-state index in [1.807, 2.05) is 50.5 Å². The summed E-state index contributed by atoms with van der Waals surface area (Å²) in [5, 5.41) is 12.4. The molecule has 0 radical (unpaired) electrons. The number of nitriles is 1. The number of anilines is 2. The van der Waals surface area contributed by atoms with E-state index in [-0.39, 0.29) is 0 Å². The average molecular weight is 251 g/mol. The van der Waals surface area contributed by atoms with Crippen LogP contribution >= 0.6 is 0 Å². The van der Waals surface area contributed by atoms with E-state index in [0.29, 0.717) is 6.54 Å². The topological polar surface area (TPSA) is 39.1 Å². The standard InChI is InChI=1S/C16H17N3/c1-19(2)16-9-7-15(8-10-16)18-12-14-6-4-3-5-13(14)11-17/h3-10,18H,12H2,1-2H3. The molecule has 0 aromatic heterocycles. The number of nitrogens with zero attached hydrogens (tertiary/aromatic N) is 2. The summed E-state index contributed by atoms with van der Waals surface area (Å²) in [6, 6.07) is 18.1. The Morgan fingerprint density at radius 1 is 1.05 bits per heavy atom. The minimum Gasteiger partial charge on any atom is -0.381 e. The SMILES string of the molecule is CN(C)c1ccc(NCc2ccccc2C#N)cc1. The smallest absolute Gasteiger partial charge is 0.0995 e. The van der Waals surface area contributed by atoms with Crippen LogP contribution in [0.1, 0.15) is 11.1 Å². The van der Waals surface area contributed by atoms with E-state index in [4.69, 9.17) is 5.26 Å². The first-order valence-corrected chi connectivity index (χ1v) is 6.20. The molecule has 2 rings (SSSR count). The minimum atomic E-state index is 0.658. The Morgan fingerprint density at radius 3 is 2.37 bits per heavy atom. The van der Waals surface area contributed by atoms with Gasteiger partial charge in [-0.15, -0.1) is 0 Å². The van der Waals surface area contributed by atoms with Crippen LogP contribution in [-0.4, -0.2) is 14.1 Å². The third kappa shape index (κ3) is 3.26. The molecule has 0 saturated carbocycles. The van der Waals surface area contributed by atoms with Crippen LogP contribution in [0.3, 0.4) is 0 Å². The van der Waals surface area contributed by atoms with Gasteiger partial charge in [0.05, 0.1) is 11.6 Å². The zero-order chi connectivity index (χ0) is 13.7. The van der Waals surface area contributed by atoms with E-state index in [1.54, 1.807) is 0 Å². The van der Waals surface area contributed by atoms with Crippen LogP contribution in [0.25, 0.3) is 0 Å². The van der Waals surface area contributed by atoms with Gasteiger partial charge in [-0.05, 0) is 35.9 Å². The summed E-state index contributed by atoms with van der Waals surface area (Å²) in [7, 11) is 4.04. The van der Waals surface area contributed by atoms with E-state index < -0.39 is 0 Å². The summed E-state index contributed by atoms with van der Waals surface area (Å²) in [6.07, 6.45) is 0. The molecule has 96 valence electrons. The van der Waals surface area contributed by atoms with Crippen LogP contribution in [0.15, 0.2) is 48.5 Å². The van der Waals surface area contributed by atoms with Crippen molar-refractivity contribution in [2.45, 2.75) is 6.54 Å². The summed E-state index contributed by atoms with van der Waals surface area (Å²) in [5.74, 6) is 0. The lowest BCUT2D eigenvalue weighted by atomic mass is 10.1. The van der Waals surface area contributed by atoms with Gasteiger partial charge in [-0.1, -0.05) is 18.2 Å². The molecular formula is C16H17N3. The maximum atomic E-state index is 9.03. The van der Waals surface area contributed by atoms with Crippen LogP contribution in [0.2, 0.25) is 0 Å². The van der Waals surface area contributed by atoms with Crippen LogP contribution < -0.4 is 10.2 Å². The third-order valence-corrected chi connectivity index (χ3v) is 3.00. The Morgan fingerprint density at radius 2 is 1.74 bits per heavy atom. The molecule has 0 aliphatic rings. The highest BCUT2D eigenvalue weighted by atomic mass is 15.1. The number of hydrogen-bond acceptors (Lipinski definition) is 3. The Hall–Kier alpha value is -2.47. The fourth-order valence-electron chi connectivity index (χ4n) is 1.86. The Bertz CT molecular complexity index is 580. The lowest BCUT2D eigenvalue weighted by Crippen LogP contribution is -2.08. The molecule has 0 saturated heterocycles. The predicted molar refractivity (Wildman–Crippen MR) is 79.3 cm³/mol. The van der Waals surface area contributed by atoms with Gasteiger partial charge < -0.3 is 10.2 Å². The maximum absolute atomic E-state index is 9.03. The number of benzene rings is 2. The van der Waals surface area contributed by atoms with Gasteiger partial charge in [0.25, 0.3) is 0 Å². The first-order chi connectivity index (χ1) is 9.20. The van der Waals surface area contributed by atoms with Gasteiger partial charge in [0.1, 0.15) is 0 Å². The molecule has 19 heavy (non-hydrogen) atoms. The van der Waals surface area contributed by atoms with Crippen molar-refractivity contribution in [1.82, 2.24) is 0 Å². The fourth-order valence-corrected chi connectivity index (χ4v) is 1.86. The lowest BCUT2D eigenvalue weighted by molar-refractivity contribution is 1.12. The van der Waals surface area contributed by atoms with Gasteiger partial charge in [0.15, 0.2) is 0 Å². The Labute approximate surface area is 114 Å². The Balaban J connectivity index is 2.04. The fraction of sp³-hybridized carbons (Fsp3) is 0.188. The van der Waals surface area contributed by atoms with E-state index in [2.05, 4.69) is 28.4 Å². The van der Waals surface area contributed by atoms with Crippen LogP contribution in [0.4, 0.5) is 11.4 Å². The van der Waals surface area contributed by atoms with Gasteiger partial charge >= 0.3 is 0 Å². The first kappa shape index (κ1) is 13.0. The van der Waals surface area contributed by atoms with Gasteiger partial charge in [-0.3, -0.25) is 0 Å². The first-order valence-electron chi connectivity index (χ1n) is 6.20. The largest absolute Gasteiger partial charge is 0.381 e. The predicted octanol–water partition coefficient (Wildman–Crippen LogP) is 3.24. The van der Waals surface area contributed by atoms with Crippen molar-refractivity contribution >= 4 is 11.4 Å². The summed E-state index contributed by atoms with van der Waals surface area (Å²) in [4.78, 5) is 2.06. The molecule has 2 aromatic carbocycles. The molecule has 0 amide bonds. The van der Waals surface area contributed by atoms with Crippen molar-refractivity contribution in [3.8, 4) is 6.07 Å². The highest BCUT2D eigenvalue weighted by molar-refractivity contribution is 5.54. The third-order valence-electron chi connectivity index (χ3n) is 3.00. The van der Waals surface area contributed by atoms with Crippen LogP contribution in [-0.2, 0) is 6.54 Å². The van der Waals surface area contributed by atoms with Crippen molar-refractivity contribution in [3.05, 3.63) is 59.7 Å². The molecule has 0 aliphatic heterocycles. The summed E-state index contributed by atoms with van der Waals surface area (Å²) < 4.78 is 0. The molecule has 0 unspecified atom stereocenters. The lowest BCUT2D eigenvalue weighted by Gasteiger charge is -2.13. The van der Waals surface area contributed by atoms with E-state index in [0.717, 1.165) is 16.8 Å². The zero-order valence-corrected chi connectivity index (χ0v) is 11.2. The molecule has 0 bridgehead atoms. The highest BCUT2D eigenvalue weighted by Gasteiger charge is 2.01. The number of nitrogens with one attached hydrogen (secondary N) is 1. The molecule has 0 spiro atoms. The van der Waals surface area contributed by atoms with Gasteiger partial charge in [-0.25, -0.2) is 0 Å². The second-order valence-corrected chi connectivity index (χ2v) is 4.56. The number of rotatable bonds is 4. The second-order valence-electron chi connectivity index (χ2n) is 4.56. The molecule has 0 fully saturated rings. The average Bonchev–Trinajstić information content (AvgIpc) is 2.45. The Kier molecular flexibility index (Phi) is 4.04. The quantitative estimate of drug-likeness (QED) is 0.906. The molecule has 0 atom stereocenters. The summed E-state index contributed by atoms with van der Waals surface area (Å²) in [5.41, 5.74) is 3.96. The van der Waals surface area contributed by atoms with E-state index >= 15 is 0 Å². The van der Waals surface area contributed by atoms with Crippen LogP contribution in [0.5, 0.6) is 0 Å². The summed E-state index contributed by atoms with van der Waals surface area (Å²) in [6.45, 7) is 0.658. The van der Waals surface area contributed by atoms with E-state index in [9.17, 15) is 0 Å². The maximum Gasteiger partial charge on any atom is 0.0995 e. The molecule has 1 N–H and O–H groups in total. The summed E-state index contributed by atoms with van der Waals surface area (Å²) >= 11 is 0. The number of hydrogen-bond donors (Lipinski definition) is 1. The van der Waals surface area contributed by atoms with Crippen molar-refractivity contribution in [3.63, 3.8) is 0 Å². The van der Waals surface area contributed by atoms with Crippen molar-refractivity contribution in [1.29, 1.82) is 5.26 Å². The van der Waals surface area contributed by atoms with Gasteiger partial charge in [0.2, 0.25) is 0 Å². The highest BCUT2D eigenvalue weighted by Crippen LogP contribution is 2.17. The molecule has 0 aliphatic carbocycles. The second kappa shape index (κ2) is 5.92. The van der Waals surface area contributed by atoms with Gasteiger partial charge in [-0.2, -0.15) is 5.26 Å². The van der Waals surface area contributed by atoms with Crippen LogP contribution in [0, 0.1) is 11.3 Å². The van der Waals surface area contributed by atoms with Crippen molar-refractivity contribution in [2.75, 3.05) is 24.3 Å². The van der Waals surface area contributed by atoms with E-state index in [1.165, 1.54) is 5.69 Å². The van der Waals surface area contributed by atoms with Crippen molar-refractivity contribution in [2.24, 2.45) is 0 Å². The molecule has 3 heteroatoms. The molecule has 2 aromatic rings. The molecule has 0 heterocycles.